The fourth-order valence-electron chi connectivity index (χ4n) is 2.99. The Morgan fingerprint density at radius 2 is 1.96 bits per heavy atom. The molecule has 1 N–H and O–H groups in total. The average molecular weight is 324 g/mol. The summed E-state index contributed by atoms with van der Waals surface area (Å²) in [6.45, 7) is 4.19. The molecule has 0 aliphatic carbocycles. The van der Waals surface area contributed by atoms with Gasteiger partial charge in [0.1, 0.15) is 6.17 Å². The molecule has 1 atom stereocenters. The molecular weight excluding hydrogens is 304 g/mol. The number of nitrogens with zero attached hydrogens (tertiary/aromatic N) is 1. The summed E-state index contributed by atoms with van der Waals surface area (Å²) in [4.78, 5) is 14.6. The molecular formula is C19H20N2O3. The summed E-state index contributed by atoms with van der Waals surface area (Å²) >= 11 is 0. The van der Waals surface area contributed by atoms with Crippen molar-refractivity contribution >= 4 is 11.6 Å². The van der Waals surface area contributed by atoms with Crippen LogP contribution in [-0.2, 0) is 0 Å². The molecule has 2 aromatic carbocycles. The van der Waals surface area contributed by atoms with Crippen molar-refractivity contribution < 1.29 is 14.3 Å². The number of anilines is 1. The predicted octanol–water partition coefficient (Wildman–Crippen LogP) is 3.46. The number of hydrogen-bond donors (Lipinski definition) is 1. The van der Waals surface area contributed by atoms with Gasteiger partial charge in [0.2, 0.25) is 0 Å². The number of fused-ring (bicyclic) bond motifs is 1. The van der Waals surface area contributed by atoms with Gasteiger partial charge in [-0.05, 0) is 18.2 Å². The lowest BCUT2D eigenvalue weighted by molar-refractivity contribution is 0.0705. The highest BCUT2D eigenvalue weighted by Gasteiger charge is 2.34. The first-order valence-electron chi connectivity index (χ1n) is 7.69. The minimum atomic E-state index is -0.365. The summed E-state index contributed by atoms with van der Waals surface area (Å²) < 4.78 is 10.9. The van der Waals surface area contributed by atoms with E-state index in [1.807, 2.05) is 42.5 Å². The van der Waals surface area contributed by atoms with Crippen molar-refractivity contribution in [1.29, 1.82) is 0 Å². The summed E-state index contributed by atoms with van der Waals surface area (Å²) in [6.07, 6.45) is 1.35. The lowest BCUT2D eigenvalue weighted by Gasteiger charge is -2.38. The van der Waals surface area contributed by atoms with Gasteiger partial charge in [0, 0.05) is 17.8 Å². The summed E-state index contributed by atoms with van der Waals surface area (Å²) in [5, 5.41) is 3.43. The molecule has 124 valence electrons. The van der Waals surface area contributed by atoms with Gasteiger partial charge in [-0.25, -0.2) is 0 Å². The van der Waals surface area contributed by atoms with Gasteiger partial charge in [0.15, 0.2) is 11.5 Å². The van der Waals surface area contributed by atoms with Crippen molar-refractivity contribution in [3.8, 4) is 11.5 Å². The van der Waals surface area contributed by atoms with Crippen molar-refractivity contribution in [1.82, 2.24) is 4.90 Å². The van der Waals surface area contributed by atoms with E-state index >= 15 is 0 Å². The van der Waals surface area contributed by atoms with E-state index in [4.69, 9.17) is 9.47 Å². The van der Waals surface area contributed by atoms with Crippen LogP contribution in [0.15, 0.2) is 55.1 Å². The highest BCUT2D eigenvalue weighted by molar-refractivity contribution is 6.01. The third-order valence-electron chi connectivity index (χ3n) is 4.08. The van der Waals surface area contributed by atoms with Crippen LogP contribution in [0.4, 0.5) is 5.69 Å². The second-order valence-corrected chi connectivity index (χ2v) is 5.42. The molecule has 0 saturated carbocycles. The Kier molecular flexibility index (Phi) is 4.42. The lowest BCUT2D eigenvalue weighted by atomic mass is 10.0. The minimum Gasteiger partial charge on any atom is -0.493 e. The van der Waals surface area contributed by atoms with Crippen molar-refractivity contribution in [3.05, 3.63) is 66.2 Å². The van der Waals surface area contributed by atoms with Crippen LogP contribution in [0.25, 0.3) is 0 Å². The van der Waals surface area contributed by atoms with E-state index in [1.165, 1.54) is 0 Å². The number of benzene rings is 2. The molecule has 3 rings (SSSR count). The number of rotatable bonds is 5. The maximum absolute atomic E-state index is 12.9. The molecule has 0 radical (unpaired) electrons. The molecule has 1 aliphatic heterocycles. The maximum atomic E-state index is 12.9. The lowest BCUT2D eigenvalue weighted by Crippen LogP contribution is -2.43. The number of carbonyl (C=O) groups excluding carboxylic acids is 1. The number of para-hydroxylation sites is 2. The Labute approximate surface area is 141 Å². The Bertz CT molecular complexity index is 773. The first kappa shape index (κ1) is 15.9. The molecule has 0 saturated heterocycles. The average Bonchev–Trinajstić information content (AvgIpc) is 2.63. The number of ether oxygens (including phenoxy) is 2. The molecule has 24 heavy (non-hydrogen) atoms. The number of hydrogen-bond acceptors (Lipinski definition) is 4. The van der Waals surface area contributed by atoms with Gasteiger partial charge < -0.3 is 19.7 Å². The van der Waals surface area contributed by atoms with Gasteiger partial charge in [0.25, 0.3) is 5.91 Å². The molecule has 1 aliphatic rings. The molecule has 0 fully saturated rings. The zero-order valence-electron chi connectivity index (χ0n) is 13.8. The summed E-state index contributed by atoms with van der Waals surface area (Å²) in [6, 6.07) is 13.1. The monoisotopic (exact) mass is 324 g/mol. The second-order valence-electron chi connectivity index (χ2n) is 5.42. The third-order valence-corrected chi connectivity index (χ3v) is 4.08. The predicted molar refractivity (Wildman–Crippen MR) is 93.6 cm³/mol. The van der Waals surface area contributed by atoms with Gasteiger partial charge in [0.05, 0.1) is 19.8 Å². The highest BCUT2D eigenvalue weighted by Crippen LogP contribution is 2.40. The van der Waals surface area contributed by atoms with Gasteiger partial charge in [-0.1, -0.05) is 30.3 Å². The van der Waals surface area contributed by atoms with Gasteiger partial charge in [-0.15, -0.1) is 6.58 Å². The SMILES string of the molecule is C=CCN1C(=O)c2ccccc2NC1c1cccc(OC)c1OC. The van der Waals surface area contributed by atoms with E-state index < -0.39 is 0 Å². The number of methoxy groups -OCH3 is 2. The normalized spacial score (nSPS) is 16.2. The number of nitrogens with one attached hydrogen (secondary N) is 1. The van der Waals surface area contributed by atoms with E-state index in [-0.39, 0.29) is 12.1 Å². The van der Waals surface area contributed by atoms with Crippen LogP contribution in [-0.4, -0.2) is 31.6 Å². The smallest absolute Gasteiger partial charge is 0.258 e. The molecule has 2 aromatic rings. The fraction of sp³-hybridized carbons (Fsp3) is 0.211. The van der Waals surface area contributed by atoms with Crippen molar-refractivity contribution in [2.75, 3.05) is 26.1 Å². The summed E-state index contributed by atoms with van der Waals surface area (Å²) in [7, 11) is 3.19. The standard InChI is InChI=1S/C19H20N2O3/c1-4-12-21-18(14-9-7-11-16(23-2)17(14)24-3)20-15-10-6-5-8-13(15)19(21)22/h4-11,18,20H,1,12H2,2-3H3. The molecule has 0 spiro atoms. The molecule has 5 heteroatoms. The van der Waals surface area contributed by atoms with Crippen LogP contribution in [0.5, 0.6) is 11.5 Å². The van der Waals surface area contributed by atoms with Crippen LogP contribution in [0, 0.1) is 0 Å². The second kappa shape index (κ2) is 6.66. The molecule has 1 unspecified atom stereocenters. The number of amides is 1. The highest BCUT2D eigenvalue weighted by atomic mass is 16.5. The van der Waals surface area contributed by atoms with E-state index in [1.54, 1.807) is 25.2 Å². The van der Waals surface area contributed by atoms with Gasteiger partial charge in [-0.2, -0.15) is 0 Å². The van der Waals surface area contributed by atoms with E-state index in [9.17, 15) is 4.79 Å². The zero-order chi connectivity index (χ0) is 17.1. The van der Waals surface area contributed by atoms with Gasteiger partial charge >= 0.3 is 0 Å². The quantitative estimate of drug-likeness (QED) is 0.856. The Morgan fingerprint density at radius 1 is 1.17 bits per heavy atom. The largest absolute Gasteiger partial charge is 0.493 e. The van der Waals surface area contributed by atoms with Crippen LogP contribution < -0.4 is 14.8 Å². The van der Waals surface area contributed by atoms with Crippen LogP contribution in [0.1, 0.15) is 22.1 Å². The first-order valence-corrected chi connectivity index (χ1v) is 7.69. The van der Waals surface area contributed by atoms with Crippen LogP contribution in [0.2, 0.25) is 0 Å². The fourth-order valence-corrected chi connectivity index (χ4v) is 2.99. The molecule has 0 aromatic heterocycles. The molecule has 1 heterocycles. The Morgan fingerprint density at radius 3 is 2.67 bits per heavy atom. The third kappa shape index (κ3) is 2.58. The number of carbonyl (C=O) groups is 1. The maximum Gasteiger partial charge on any atom is 0.258 e. The van der Waals surface area contributed by atoms with E-state index in [0.29, 0.717) is 23.6 Å². The summed E-state index contributed by atoms with van der Waals surface area (Å²) in [5.41, 5.74) is 2.29. The van der Waals surface area contributed by atoms with Gasteiger partial charge in [-0.3, -0.25) is 4.79 Å². The summed E-state index contributed by atoms with van der Waals surface area (Å²) in [5.74, 6) is 1.19. The van der Waals surface area contributed by atoms with E-state index in [0.717, 1.165) is 11.3 Å². The molecule has 0 bridgehead atoms. The van der Waals surface area contributed by atoms with E-state index in [2.05, 4.69) is 11.9 Å². The first-order chi connectivity index (χ1) is 11.7. The van der Waals surface area contributed by atoms with Crippen molar-refractivity contribution in [2.45, 2.75) is 6.17 Å². The Hall–Kier alpha value is -2.95. The van der Waals surface area contributed by atoms with Crippen molar-refractivity contribution in [3.63, 3.8) is 0 Å². The topological polar surface area (TPSA) is 50.8 Å². The van der Waals surface area contributed by atoms with Crippen LogP contribution in [0.3, 0.4) is 0 Å². The minimum absolute atomic E-state index is 0.0425. The van der Waals surface area contributed by atoms with Crippen LogP contribution >= 0.6 is 0 Å². The Balaban J connectivity index is 2.12. The molecule has 5 nitrogen and oxygen atoms in total. The van der Waals surface area contributed by atoms with Crippen molar-refractivity contribution in [2.24, 2.45) is 0 Å². The molecule has 1 amide bonds. The zero-order valence-corrected chi connectivity index (χ0v) is 13.8.